The maximum absolute atomic E-state index is 11.3. The second kappa shape index (κ2) is 9.00. The van der Waals surface area contributed by atoms with Crippen molar-refractivity contribution in [2.75, 3.05) is 20.1 Å². The van der Waals surface area contributed by atoms with Crippen LogP contribution < -0.4 is 16.0 Å². The number of amides is 1. The lowest BCUT2D eigenvalue weighted by atomic mass is 10.3. The van der Waals surface area contributed by atoms with Crippen LogP contribution in [0.1, 0.15) is 33.6 Å². The van der Waals surface area contributed by atoms with Crippen LogP contribution in [0.3, 0.4) is 0 Å². The Morgan fingerprint density at radius 2 is 2.00 bits per heavy atom. The van der Waals surface area contributed by atoms with E-state index in [0.717, 1.165) is 19.4 Å². The van der Waals surface area contributed by atoms with E-state index in [1.807, 2.05) is 6.92 Å². The highest BCUT2D eigenvalue weighted by molar-refractivity contribution is 5.86. The summed E-state index contributed by atoms with van der Waals surface area (Å²) in [5, 5.41) is 8.95. The van der Waals surface area contributed by atoms with Gasteiger partial charge in [-0.15, -0.1) is 0 Å². The van der Waals surface area contributed by atoms with Crippen LogP contribution in [0.2, 0.25) is 0 Å². The summed E-state index contributed by atoms with van der Waals surface area (Å²) >= 11 is 0. The second-order valence-corrected chi connectivity index (χ2v) is 3.73. The minimum absolute atomic E-state index is 0.00560. The maximum atomic E-state index is 11.3. The normalized spacial score (nSPS) is 13.1. The van der Waals surface area contributed by atoms with Gasteiger partial charge in [-0.1, -0.05) is 13.8 Å². The summed E-state index contributed by atoms with van der Waals surface area (Å²) in [5.74, 6) is 0.662. The van der Waals surface area contributed by atoms with Crippen LogP contribution in [0.15, 0.2) is 4.99 Å². The minimum atomic E-state index is -0.00560. The van der Waals surface area contributed by atoms with Gasteiger partial charge in [0.15, 0.2) is 5.96 Å². The van der Waals surface area contributed by atoms with Crippen molar-refractivity contribution >= 4 is 11.9 Å². The number of nitrogens with one attached hydrogen (secondary N) is 3. The Balaban J connectivity index is 3.83. The summed E-state index contributed by atoms with van der Waals surface area (Å²) in [7, 11) is 1.70. The highest BCUT2D eigenvalue weighted by atomic mass is 16.1. The third kappa shape index (κ3) is 7.09. The molecule has 0 bridgehead atoms. The molecule has 0 aliphatic rings. The number of aliphatic imine (C=N–C) groups is 1. The quantitative estimate of drug-likeness (QED) is 0.457. The fraction of sp³-hybridized carbons (Fsp3) is 0.818. The van der Waals surface area contributed by atoms with E-state index in [2.05, 4.69) is 34.8 Å². The van der Waals surface area contributed by atoms with E-state index < -0.39 is 0 Å². The highest BCUT2D eigenvalue weighted by Crippen LogP contribution is 1.86. The monoisotopic (exact) mass is 228 g/mol. The Labute approximate surface area is 98.1 Å². The molecule has 0 aromatic heterocycles. The van der Waals surface area contributed by atoms with Crippen LogP contribution in [0, 0.1) is 0 Å². The number of guanidine groups is 1. The number of hydrogen-bond donors (Lipinski definition) is 3. The Hall–Kier alpha value is -1.26. The van der Waals surface area contributed by atoms with Crippen molar-refractivity contribution in [2.45, 2.75) is 39.7 Å². The van der Waals surface area contributed by atoms with E-state index in [-0.39, 0.29) is 12.5 Å². The molecule has 0 aromatic rings. The lowest BCUT2D eigenvalue weighted by Gasteiger charge is -2.16. The summed E-state index contributed by atoms with van der Waals surface area (Å²) in [4.78, 5) is 15.4. The lowest BCUT2D eigenvalue weighted by molar-refractivity contribution is -0.120. The van der Waals surface area contributed by atoms with Gasteiger partial charge in [0.05, 0.1) is 6.54 Å². The maximum Gasteiger partial charge on any atom is 0.239 e. The van der Waals surface area contributed by atoms with Crippen molar-refractivity contribution in [1.82, 2.24) is 16.0 Å². The molecule has 1 atom stereocenters. The van der Waals surface area contributed by atoms with Crippen molar-refractivity contribution < 1.29 is 4.79 Å². The summed E-state index contributed by atoms with van der Waals surface area (Å²) in [6.07, 6.45) is 1.97. The van der Waals surface area contributed by atoms with Crippen LogP contribution in [0.5, 0.6) is 0 Å². The Morgan fingerprint density at radius 3 is 2.50 bits per heavy atom. The smallest absolute Gasteiger partial charge is 0.239 e. The zero-order valence-corrected chi connectivity index (χ0v) is 10.8. The molecule has 0 aromatic carbocycles. The van der Waals surface area contributed by atoms with Crippen molar-refractivity contribution in [3.8, 4) is 0 Å². The molecule has 0 aliphatic carbocycles. The molecule has 5 heteroatoms. The van der Waals surface area contributed by atoms with Gasteiger partial charge in [-0.05, 0) is 19.8 Å². The van der Waals surface area contributed by atoms with Gasteiger partial charge < -0.3 is 16.0 Å². The third-order valence-electron chi connectivity index (χ3n) is 2.21. The first kappa shape index (κ1) is 14.7. The summed E-state index contributed by atoms with van der Waals surface area (Å²) in [5.41, 5.74) is 0. The van der Waals surface area contributed by atoms with Gasteiger partial charge in [0.1, 0.15) is 0 Å². The SMILES string of the molecule is CCCNC(=O)CNC(=NC)NC(C)CC. The Kier molecular flexibility index (Phi) is 8.29. The molecule has 94 valence electrons. The van der Waals surface area contributed by atoms with Crippen molar-refractivity contribution in [3.05, 3.63) is 0 Å². The van der Waals surface area contributed by atoms with Crippen molar-refractivity contribution in [2.24, 2.45) is 4.99 Å². The van der Waals surface area contributed by atoms with Crippen LogP contribution in [-0.4, -0.2) is 38.0 Å². The zero-order chi connectivity index (χ0) is 12.4. The number of hydrogen-bond acceptors (Lipinski definition) is 2. The van der Waals surface area contributed by atoms with Crippen LogP contribution in [-0.2, 0) is 4.79 Å². The van der Waals surface area contributed by atoms with Gasteiger partial charge in [-0.2, -0.15) is 0 Å². The summed E-state index contributed by atoms with van der Waals surface area (Å²) < 4.78 is 0. The average Bonchev–Trinajstić information content (AvgIpc) is 2.31. The molecule has 0 radical (unpaired) electrons. The molecule has 0 aliphatic heterocycles. The van der Waals surface area contributed by atoms with Gasteiger partial charge in [0, 0.05) is 19.6 Å². The van der Waals surface area contributed by atoms with Crippen molar-refractivity contribution in [1.29, 1.82) is 0 Å². The molecular formula is C11H24N4O. The molecule has 5 nitrogen and oxygen atoms in total. The van der Waals surface area contributed by atoms with Crippen LogP contribution >= 0.6 is 0 Å². The molecule has 1 unspecified atom stereocenters. The number of carbonyl (C=O) groups is 1. The first-order valence-electron chi connectivity index (χ1n) is 5.87. The predicted molar refractivity (Wildman–Crippen MR) is 67.6 cm³/mol. The molecule has 0 rings (SSSR count). The second-order valence-electron chi connectivity index (χ2n) is 3.73. The molecule has 0 saturated heterocycles. The Bertz CT molecular complexity index is 228. The topological polar surface area (TPSA) is 65.5 Å². The van der Waals surface area contributed by atoms with Gasteiger partial charge >= 0.3 is 0 Å². The largest absolute Gasteiger partial charge is 0.355 e. The molecule has 0 heterocycles. The van der Waals surface area contributed by atoms with Gasteiger partial charge in [0.2, 0.25) is 5.91 Å². The molecule has 16 heavy (non-hydrogen) atoms. The van der Waals surface area contributed by atoms with E-state index in [1.54, 1.807) is 7.05 Å². The molecule has 0 saturated carbocycles. The van der Waals surface area contributed by atoms with Crippen molar-refractivity contribution in [3.63, 3.8) is 0 Å². The van der Waals surface area contributed by atoms with E-state index >= 15 is 0 Å². The summed E-state index contributed by atoms with van der Waals surface area (Å²) in [6, 6.07) is 0.352. The third-order valence-corrected chi connectivity index (χ3v) is 2.21. The van der Waals surface area contributed by atoms with Gasteiger partial charge in [-0.25, -0.2) is 0 Å². The molecule has 3 N–H and O–H groups in total. The number of nitrogens with zero attached hydrogens (tertiary/aromatic N) is 1. The molecule has 0 spiro atoms. The summed E-state index contributed by atoms with van der Waals surface area (Å²) in [6.45, 7) is 7.17. The molecule has 1 amide bonds. The zero-order valence-electron chi connectivity index (χ0n) is 10.8. The minimum Gasteiger partial charge on any atom is -0.355 e. The number of carbonyl (C=O) groups excluding carboxylic acids is 1. The predicted octanol–water partition coefficient (Wildman–Crippen LogP) is 0.476. The average molecular weight is 228 g/mol. The highest BCUT2D eigenvalue weighted by Gasteiger charge is 2.04. The van der Waals surface area contributed by atoms with E-state index in [4.69, 9.17) is 0 Å². The molecular weight excluding hydrogens is 204 g/mol. The van der Waals surface area contributed by atoms with E-state index in [1.165, 1.54) is 0 Å². The van der Waals surface area contributed by atoms with Gasteiger partial charge in [0.25, 0.3) is 0 Å². The lowest BCUT2D eigenvalue weighted by Crippen LogP contribution is -2.46. The van der Waals surface area contributed by atoms with Crippen LogP contribution in [0.25, 0.3) is 0 Å². The standard InChI is InChI=1S/C11H24N4O/c1-5-7-13-10(16)8-14-11(12-4)15-9(3)6-2/h9H,5-8H2,1-4H3,(H,13,16)(H2,12,14,15). The van der Waals surface area contributed by atoms with Crippen LogP contribution in [0.4, 0.5) is 0 Å². The fourth-order valence-corrected chi connectivity index (χ4v) is 1.02. The molecule has 0 fully saturated rings. The van der Waals surface area contributed by atoms with E-state index in [0.29, 0.717) is 12.0 Å². The first-order valence-corrected chi connectivity index (χ1v) is 5.87. The van der Waals surface area contributed by atoms with Gasteiger partial charge in [-0.3, -0.25) is 9.79 Å². The fourth-order valence-electron chi connectivity index (χ4n) is 1.02. The first-order chi connectivity index (χ1) is 7.63. The van der Waals surface area contributed by atoms with E-state index in [9.17, 15) is 4.79 Å². The number of rotatable bonds is 6. The Morgan fingerprint density at radius 1 is 1.31 bits per heavy atom.